The maximum absolute atomic E-state index is 6.15. The molecule has 3 heterocycles. The van der Waals surface area contributed by atoms with E-state index in [0.717, 1.165) is 28.1 Å². The second kappa shape index (κ2) is 4.07. The van der Waals surface area contributed by atoms with Crippen LogP contribution >= 0.6 is 11.6 Å². The van der Waals surface area contributed by atoms with Crippen molar-refractivity contribution in [1.29, 1.82) is 0 Å². The van der Waals surface area contributed by atoms with E-state index in [9.17, 15) is 0 Å². The van der Waals surface area contributed by atoms with Gasteiger partial charge in [0.15, 0.2) is 0 Å². The molecule has 0 radical (unpaired) electrons. The molecule has 0 aliphatic heterocycles. The molecule has 0 amide bonds. The first kappa shape index (κ1) is 11.2. The average Bonchev–Trinajstić information content (AvgIpc) is 2.66. The van der Waals surface area contributed by atoms with E-state index in [2.05, 4.69) is 15.0 Å². The van der Waals surface area contributed by atoms with Gasteiger partial charge in [0.25, 0.3) is 0 Å². The monoisotopic (exact) mass is 258 g/mol. The Morgan fingerprint density at radius 2 is 1.89 bits per heavy atom. The Bertz CT molecular complexity index is 719. The minimum atomic E-state index is 0.653. The fourth-order valence-corrected chi connectivity index (χ4v) is 2.19. The van der Waals surface area contributed by atoms with Crippen LogP contribution in [0, 0.1) is 6.92 Å². The summed E-state index contributed by atoms with van der Waals surface area (Å²) in [6, 6.07) is 5.76. The van der Waals surface area contributed by atoms with Crippen molar-refractivity contribution in [3.63, 3.8) is 0 Å². The molecule has 0 N–H and O–H groups in total. The van der Waals surface area contributed by atoms with Gasteiger partial charge >= 0.3 is 0 Å². The molecule has 5 heteroatoms. The standard InChI is InChI=1S/C13H11ClN4/c1-8-16-12(9-3-5-15-6-4-9)10-7-11(14)18(2)13(10)17-8/h3-7H,1-2H3. The molecule has 0 bridgehead atoms. The molecule has 4 nitrogen and oxygen atoms in total. The lowest BCUT2D eigenvalue weighted by Gasteiger charge is -2.04. The zero-order valence-electron chi connectivity index (χ0n) is 10.1. The third-order valence-electron chi connectivity index (χ3n) is 2.89. The fraction of sp³-hybridized carbons (Fsp3) is 0.154. The van der Waals surface area contributed by atoms with Gasteiger partial charge in [-0.25, -0.2) is 9.97 Å². The highest BCUT2D eigenvalue weighted by Crippen LogP contribution is 2.29. The molecule has 3 rings (SSSR count). The van der Waals surface area contributed by atoms with Crippen molar-refractivity contribution in [1.82, 2.24) is 19.5 Å². The van der Waals surface area contributed by atoms with E-state index < -0.39 is 0 Å². The van der Waals surface area contributed by atoms with Crippen LogP contribution in [-0.4, -0.2) is 19.5 Å². The summed E-state index contributed by atoms with van der Waals surface area (Å²) < 4.78 is 1.86. The highest BCUT2D eigenvalue weighted by atomic mass is 35.5. The van der Waals surface area contributed by atoms with Crippen LogP contribution in [0.3, 0.4) is 0 Å². The summed E-state index contributed by atoms with van der Waals surface area (Å²) >= 11 is 6.15. The second-order valence-corrected chi connectivity index (χ2v) is 4.51. The third kappa shape index (κ3) is 1.66. The summed E-state index contributed by atoms with van der Waals surface area (Å²) in [6.45, 7) is 1.88. The molecule has 0 aliphatic carbocycles. The predicted octanol–water partition coefficient (Wildman–Crippen LogP) is 2.99. The van der Waals surface area contributed by atoms with Gasteiger partial charge in [0.05, 0.1) is 5.69 Å². The van der Waals surface area contributed by atoms with E-state index in [1.165, 1.54) is 0 Å². The first-order valence-corrected chi connectivity index (χ1v) is 5.94. The quantitative estimate of drug-likeness (QED) is 0.674. The molecule has 0 fully saturated rings. The topological polar surface area (TPSA) is 43.6 Å². The Balaban J connectivity index is 2.39. The van der Waals surface area contributed by atoms with Gasteiger partial charge in [-0.05, 0) is 25.1 Å². The maximum atomic E-state index is 6.15. The Morgan fingerprint density at radius 1 is 1.17 bits per heavy atom. The summed E-state index contributed by atoms with van der Waals surface area (Å²) in [4.78, 5) is 13.0. The first-order chi connectivity index (χ1) is 8.66. The zero-order chi connectivity index (χ0) is 12.7. The van der Waals surface area contributed by atoms with E-state index in [0.29, 0.717) is 5.15 Å². The lowest BCUT2D eigenvalue weighted by Crippen LogP contribution is -1.96. The predicted molar refractivity (Wildman–Crippen MR) is 71.5 cm³/mol. The van der Waals surface area contributed by atoms with Crippen molar-refractivity contribution in [2.75, 3.05) is 0 Å². The highest BCUT2D eigenvalue weighted by molar-refractivity contribution is 6.31. The van der Waals surface area contributed by atoms with Crippen molar-refractivity contribution < 1.29 is 0 Å². The number of pyridine rings is 1. The van der Waals surface area contributed by atoms with Crippen LogP contribution in [0.1, 0.15) is 5.82 Å². The van der Waals surface area contributed by atoms with E-state index in [1.807, 2.05) is 36.7 Å². The van der Waals surface area contributed by atoms with Crippen molar-refractivity contribution in [3.8, 4) is 11.3 Å². The van der Waals surface area contributed by atoms with Gasteiger partial charge in [-0.2, -0.15) is 0 Å². The van der Waals surface area contributed by atoms with Crippen molar-refractivity contribution in [2.24, 2.45) is 7.05 Å². The van der Waals surface area contributed by atoms with Gasteiger partial charge in [-0.1, -0.05) is 11.6 Å². The number of fused-ring (bicyclic) bond motifs is 1. The number of hydrogen-bond acceptors (Lipinski definition) is 3. The van der Waals surface area contributed by atoms with Crippen LogP contribution in [0.15, 0.2) is 30.6 Å². The SMILES string of the molecule is Cc1nc(-c2ccncc2)c2cc(Cl)n(C)c2n1. The van der Waals surface area contributed by atoms with Crippen LogP contribution < -0.4 is 0 Å². The molecule has 0 atom stereocenters. The summed E-state index contributed by atoms with van der Waals surface area (Å²) in [6.07, 6.45) is 3.51. The number of aromatic nitrogens is 4. The largest absolute Gasteiger partial charge is 0.319 e. The van der Waals surface area contributed by atoms with Gasteiger partial charge in [0, 0.05) is 30.4 Å². The van der Waals surface area contributed by atoms with E-state index in [4.69, 9.17) is 11.6 Å². The Labute approximate surface area is 109 Å². The Morgan fingerprint density at radius 3 is 2.61 bits per heavy atom. The highest BCUT2D eigenvalue weighted by Gasteiger charge is 2.13. The van der Waals surface area contributed by atoms with Gasteiger partial charge in [-0.15, -0.1) is 0 Å². The van der Waals surface area contributed by atoms with Crippen molar-refractivity contribution in [2.45, 2.75) is 6.92 Å². The minimum Gasteiger partial charge on any atom is -0.319 e. The third-order valence-corrected chi connectivity index (χ3v) is 3.26. The van der Waals surface area contributed by atoms with Crippen molar-refractivity contribution >= 4 is 22.6 Å². The van der Waals surface area contributed by atoms with Gasteiger partial charge < -0.3 is 4.57 Å². The molecule has 0 saturated carbocycles. The molecule has 3 aromatic heterocycles. The van der Waals surface area contributed by atoms with E-state index in [-0.39, 0.29) is 0 Å². The van der Waals surface area contributed by atoms with Crippen LogP contribution in [0.4, 0.5) is 0 Å². The van der Waals surface area contributed by atoms with Gasteiger partial charge in [0.1, 0.15) is 16.6 Å². The first-order valence-electron chi connectivity index (χ1n) is 5.57. The Kier molecular flexibility index (Phi) is 2.52. The fourth-order valence-electron chi connectivity index (χ4n) is 2.00. The van der Waals surface area contributed by atoms with Gasteiger partial charge in [0.2, 0.25) is 0 Å². The smallest absolute Gasteiger partial charge is 0.145 e. The molecule has 0 unspecified atom stereocenters. The average molecular weight is 259 g/mol. The lowest BCUT2D eigenvalue weighted by molar-refractivity contribution is 0.933. The molecule has 0 spiro atoms. The van der Waals surface area contributed by atoms with Gasteiger partial charge in [-0.3, -0.25) is 4.98 Å². The number of nitrogens with zero attached hydrogens (tertiary/aromatic N) is 4. The normalized spacial score (nSPS) is 11.1. The van der Waals surface area contributed by atoms with E-state index >= 15 is 0 Å². The lowest BCUT2D eigenvalue weighted by atomic mass is 10.1. The molecule has 3 aromatic rings. The number of halogens is 1. The van der Waals surface area contributed by atoms with Crippen LogP contribution in [-0.2, 0) is 7.05 Å². The summed E-state index contributed by atoms with van der Waals surface area (Å²) in [5.74, 6) is 0.729. The summed E-state index contributed by atoms with van der Waals surface area (Å²) in [7, 11) is 1.90. The molecule has 90 valence electrons. The summed E-state index contributed by atoms with van der Waals surface area (Å²) in [5.41, 5.74) is 2.75. The van der Waals surface area contributed by atoms with Crippen molar-refractivity contribution in [3.05, 3.63) is 41.6 Å². The Hall–Kier alpha value is -1.94. The molecular weight excluding hydrogens is 248 g/mol. The molecule has 0 aromatic carbocycles. The maximum Gasteiger partial charge on any atom is 0.145 e. The van der Waals surface area contributed by atoms with Crippen LogP contribution in [0.2, 0.25) is 5.15 Å². The van der Waals surface area contributed by atoms with Crippen LogP contribution in [0.5, 0.6) is 0 Å². The molecular formula is C13H11ClN4. The van der Waals surface area contributed by atoms with E-state index in [1.54, 1.807) is 12.4 Å². The number of aryl methyl sites for hydroxylation is 2. The summed E-state index contributed by atoms with van der Waals surface area (Å²) in [5, 5.41) is 1.61. The minimum absolute atomic E-state index is 0.653. The zero-order valence-corrected chi connectivity index (χ0v) is 10.8. The molecule has 0 saturated heterocycles. The second-order valence-electron chi connectivity index (χ2n) is 4.12. The number of hydrogen-bond donors (Lipinski definition) is 0. The molecule has 0 aliphatic rings. The molecule has 18 heavy (non-hydrogen) atoms. The number of rotatable bonds is 1. The van der Waals surface area contributed by atoms with Crippen LogP contribution in [0.25, 0.3) is 22.3 Å².